The van der Waals surface area contributed by atoms with E-state index in [2.05, 4.69) is 63.8 Å². The molecule has 0 bridgehead atoms. The largest absolute Gasteiger partial charge is 0.390 e. The predicted molar refractivity (Wildman–Crippen MR) is 171 cm³/mol. The quantitative estimate of drug-likeness (QED) is 0.0708. The highest BCUT2D eigenvalue weighted by molar-refractivity contribution is 15.0. The molecule has 0 rings (SSSR count). The number of likely N-dealkylation sites (N-methyl/N-ethyl adjacent to an activating group) is 2. The van der Waals surface area contributed by atoms with Gasteiger partial charge in [-0.1, -0.05) is 0 Å². The third-order valence-corrected chi connectivity index (χ3v) is 4.57. The Bertz CT molecular complexity index is 763. The summed E-state index contributed by atoms with van der Waals surface area (Å²) in [5.41, 5.74) is 20.0. The fourth-order valence-corrected chi connectivity index (χ4v) is 2.44. The van der Waals surface area contributed by atoms with Gasteiger partial charge in [-0.2, -0.15) is 0 Å². The van der Waals surface area contributed by atoms with Crippen molar-refractivity contribution < 1.29 is 39.0 Å². The van der Waals surface area contributed by atoms with E-state index in [0.29, 0.717) is 0 Å². The maximum absolute atomic E-state index is 11.5. The van der Waals surface area contributed by atoms with E-state index in [1.807, 2.05) is 0 Å². The maximum Gasteiger partial charge on any atom is 0.242 e. The molecule has 0 saturated heterocycles. The van der Waals surface area contributed by atoms with E-state index in [1.54, 1.807) is 0 Å². The number of carbonyl (C=O) groups excluding carboxylic acids is 6. The third kappa shape index (κ3) is 32.5. The number of carbonyl (C=O) groups is 6. The summed E-state index contributed by atoms with van der Waals surface area (Å²) in [5.74, 6) is -2.15. The summed E-state index contributed by atoms with van der Waals surface area (Å²) >= 11 is 4.24. The van der Waals surface area contributed by atoms with Crippen LogP contribution in [0.3, 0.4) is 0 Å². The van der Waals surface area contributed by atoms with Crippen molar-refractivity contribution in [3.05, 3.63) is 0 Å². The molecule has 1 unspecified atom stereocenters. The van der Waals surface area contributed by atoms with Gasteiger partial charge in [-0.15, -0.1) is 0 Å². The average molecular weight is 819 g/mol. The molecule has 0 aliphatic carbocycles. The molecule has 0 aliphatic heterocycles. The number of aliphatic hydroxyl groups excluding tert-OH is 2. The van der Waals surface area contributed by atoms with E-state index in [0.717, 1.165) is 0 Å². The molecule has 0 spiro atoms. The number of hydrogen-bond donors (Lipinski definition) is 11. The van der Waals surface area contributed by atoms with Crippen LogP contribution in [0.25, 0.3) is 0 Å². The zero-order valence-electron chi connectivity index (χ0n) is 23.9. The second kappa shape index (κ2) is 31.0. The summed E-state index contributed by atoms with van der Waals surface area (Å²) in [4.78, 5) is 66.2. The molecule has 0 radical (unpaired) electrons. The lowest BCUT2D eigenvalue weighted by molar-refractivity contribution is -0.128. The maximum atomic E-state index is 11.5. The van der Waals surface area contributed by atoms with Gasteiger partial charge in [0.2, 0.25) is 35.4 Å². The zero-order valence-corrected chi connectivity index (χ0v) is 28.2. The molecule has 0 aliphatic rings. The molecular weight excluding hydrogens is 772 g/mol. The lowest BCUT2D eigenvalue weighted by Crippen LogP contribution is -2.45. The molecule has 0 heterocycles. The Morgan fingerprint density at radius 1 is 0.707 bits per heavy atom. The van der Waals surface area contributed by atoms with Crippen LogP contribution in [-0.2, 0) is 28.8 Å². The first kappa shape index (κ1) is 46.0. The van der Waals surface area contributed by atoms with Gasteiger partial charge in [0.1, 0.15) is 12.1 Å². The standard InChI is InChI=1S/C11H22N4O4.C8H15N3O3.C3H10N2O.I2/c1-7(16)15-9(11(19)13-2)3-4-10(18)14-6-8(17)5-12;1-5(12)11-6(8(14)10-2)3-4-7(9)13;4-1-3(6)2-5;1-2/h8-9,17H,3-6,12H2,1-2H3,(H,13,19)(H,14,18)(H,15,16);6H,3-4H2,1-2H3,(H2,9,13)(H,10,14)(H,11,12);3,6H,1-2,4-5H2;/t8?,9-;6-;;/m00../s1. The Morgan fingerprint density at radius 3 is 1.34 bits per heavy atom. The van der Waals surface area contributed by atoms with Crippen molar-refractivity contribution in [3.8, 4) is 0 Å². The van der Waals surface area contributed by atoms with Crippen LogP contribution in [0.1, 0.15) is 39.5 Å². The number of halogens is 2. The fraction of sp³-hybridized carbons (Fsp3) is 0.727. The van der Waals surface area contributed by atoms with Gasteiger partial charge in [0, 0.05) is 104 Å². The second-order valence-electron chi connectivity index (χ2n) is 8.10. The minimum atomic E-state index is -0.783. The molecule has 0 fully saturated rings. The lowest BCUT2D eigenvalue weighted by Gasteiger charge is -2.16. The van der Waals surface area contributed by atoms with Crippen LogP contribution in [0, 0.1) is 0 Å². The Morgan fingerprint density at radius 2 is 1.07 bits per heavy atom. The monoisotopic (exact) mass is 819 g/mol. The molecule has 6 amide bonds. The molecule has 17 nitrogen and oxygen atoms in total. The van der Waals surface area contributed by atoms with Gasteiger partial charge in [0.05, 0.1) is 12.2 Å². The van der Waals surface area contributed by atoms with Gasteiger partial charge >= 0.3 is 0 Å². The summed E-state index contributed by atoms with van der Waals surface area (Å²) in [6.45, 7) is 3.26. The van der Waals surface area contributed by atoms with Crippen LogP contribution < -0.4 is 49.5 Å². The summed E-state index contributed by atoms with van der Waals surface area (Å²) in [6.07, 6.45) is -0.758. The smallest absolute Gasteiger partial charge is 0.242 e. The van der Waals surface area contributed by atoms with E-state index >= 15 is 0 Å². The number of hydrogen-bond acceptors (Lipinski definition) is 11. The average Bonchev–Trinajstić information content (AvgIpc) is 2.95. The van der Waals surface area contributed by atoms with Crippen molar-refractivity contribution in [2.45, 2.75) is 63.8 Å². The molecule has 3 atom stereocenters. The molecule has 0 aromatic carbocycles. The van der Waals surface area contributed by atoms with E-state index in [9.17, 15) is 28.8 Å². The van der Waals surface area contributed by atoms with E-state index < -0.39 is 30.2 Å². The van der Waals surface area contributed by atoms with Crippen molar-refractivity contribution in [3.63, 3.8) is 0 Å². The fourth-order valence-electron chi connectivity index (χ4n) is 2.44. The van der Waals surface area contributed by atoms with E-state index in [4.69, 9.17) is 33.1 Å². The lowest BCUT2D eigenvalue weighted by atomic mass is 10.1. The van der Waals surface area contributed by atoms with Crippen LogP contribution >= 0.6 is 37.2 Å². The molecule has 41 heavy (non-hydrogen) atoms. The van der Waals surface area contributed by atoms with Crippen molar-refractivity contribution in [2.24, 2.45) is 22.9 Å². The molecule has 19 heteroatoms. The van der Waals surface area contributed by atoms with Crippen LogP contribution in [0.5, 0.6) is 0 Å². The highest BCUT2D eigenvalue weighted by Crippen LogP contribution is 1.99. The van der Waals surface area contributed by atoms with Crippen molar-refractivity contribution in [1.82, 2.24) is 26.6 Å². The molecule has 0 aromatic rings. The number of nitrogens with one attached hydrogen (secondary N) is 5. The predicted octanol–water partition coefficient (Wildman–Crippen LogP) is -4.01. The van der Waals surface area contributed by atoms with Crippen LogP contribution in [0.2, 0.25) is 0 Å². The molecule has 0 aromatic heterocycles. The first-order valence-corrected chi connectivity index (χ1v) is 18.6. The summed E-state index contributed by atoms with van der Waals surface area (Å²) in [6, 6.07) is -1.43. The number of aliphatic hydroxyl groups is 2. The Labute approximate surface area is 264 Å². The third-order valence-electron chi connectivity index (χ3n) is 4.57. The van der Waals surface area contributed by atoms with E-state index in [-0.39, 0.29) is 81.4 Å². The van der Waals surface area contributed by atoms with Gasteiger partial charge in [-0.05, 0) is 12.8 Å². The van der Waals surface area contributed by atoms with Gasteiger partial charge in [0.15, 0.2) is 0 Å². The minimum absolute atomic E-state index is 0.0625. The normalized spacial score (nSPS) is 11.7. The van der Waals surface area contributed by atoms with Crippen LogP contribution in [-0.4, -0.2) is 110 Å². The summed E-state index contributed by atoms with van der Waals surface area (Å²) in [5, 5.41) is 29.8. The molecule has 0 saturated carbocycles. The first-order valence-electron chi connectivity index (χ1n) is 12.3. The summed E-state index contributed by atoms with van der Waals surface area (Å²) < 4.78 is 0. The van der Waals surface area contributed by atoms with E-state index in [1.165, 1.54) is 27.9 Å². The van der Waals surface area contributed by atoms with Gasteiger partial charge in [0.25, 0.3) is 0 Å². The Kier molecular flexibility index (Phi) is 34.8. The topological polar surface area (TPSA) is 307 Å². The highest BCUT2D eigenvalue weighted by atomic mass is 128. The number of rotatable bonds is 15. The Hall–Kier alpha value is -1.92. The van der Waals surface area contributed by atoms with Crippen LogP contribution in [0.15, 0.2) is 0 Å². The van der Waals surface area contributed by atoms with Crippen molar-refractivity contribution >= 4 is 72.7 Å². The van der Waals surface area contributed by atoms with Crippen molar-refractivity contribution in [2.75, 3.05) is 40.3 Å². The van der Waals surface area contributed by atoms with Gasteiger partial charge in [-0.3, -0.25) is 28.8 Å². The SMILES string of the molecule is CNC(=O)[C@H](CCC(=O)NCC(O)CN)NC(C)=O.CNC(=O)[C@H](CCC(N)=O)NC(C)=O.II.NCC(O)CN. The van der Waals surface area contributed by atoms with Crippen LogP contribution in [0.4, 0.5) is 0 Å². The molecule has 242 valence electrons. The number of primary amides is 1. The second-order valence-corrected chi connectivity index (χ2v) is 8.10. The summed E-state index contributed by atoms with van der Waals surface area (Å²) in [7, 11) is 2.91. The molecule has 15 N–H and O–H groups in total. The zero-order chi connectivity index (χ0) is 33.0. The highest BCUT2D eigenvalue weighted by Gasteiger charge is 2.20. The van der Waals surface area contributed by atoms with Gasteiger partial charge in [-0.25, -0.2) is 0 Å². The molecular formula is C22H47I2N9O8. The van der Waals surface area contributed by atoms with Gasteiger partial charge < -0.3 is 59.7 Å². The van der Waals surface area contributed by atoms with Crippen molar-refractivity contribution in [1.29, 1.82) is 0 Å². The first-order chi connectivity index (χ1) is 19.2. The number of nitrogens with two attached hydrogens (primary N) is 4. The Balaban J connectivity index is -0.000000272. The number of amides is 6. The minimum Gasteiger partial charge on any atom is -0.390 e.